The van der Waals surface area contributed by atoms with Crippen molar-refractivity contribution in [2.75, 3.05) is 40.9 Å². The van der Waals surface area contributed by atoms with Gasteiger partial charge in [0.2, 0.25) is 0 Å². The van der Waals surface area contributed by atoms with Gasteiger partial charge in [-0.2, -0.15) is 0 Å². The molecule has 3 unspecified atom stereocenters. The Kier molecular flexibility index (Phi) is 7.87. The molecular weight excluding hydrogens is 224 g/mol. The lowest BCUT2D eigenvalue weighted by Gasteiger charge is -2.38. The Balaban J connectivity index is 2.35. The normalized spacial score (nSPS) is 28.8. The summed E-state index contributed by atoms with van der Waals surface area (Å²) in [5.74, 6) is 1.77. The summed E-state index contributed by atoms with van der Waals surface area (Å²) in [5, 5.41) is 3.52. The van der Waals surface area contributed by atoms with Gasteiger partial charge in [-0.05, 0) is 51.6 Å². The van der Waals surface area contributed by atoms with E-state index in [2.05, 4.69) is 31.2 Å². The largest absolute Gasteiger partial charge is 0.385 e. The van der Waals surface area contributed by atoms with Crippen molar-refractivity contribution in [3.05, 3.63) is 0 Å². The third-order valence-electron chi connectivity index (χ3n) is 4.47. The zero-order valence-electron chi connectivity index (χ0n) is 12.7. The summed E-state index contributed by atoms with van der Waals surface area (Å²) >= 11 is 0. The molecule has 3 nitrogen and oxygen atoms in total. The standard InChI is InChI=1S/C15H32N2O/c1-5-13-7-8-15(16-2)14(11-13)12-17(3)9-6-10-18-4/h13-16H,5-12H2,1-4H3. The second-order valence-corrected chi connectivity index (χ2v) is 5.85. The Morgan fingerprint density at radius 2 is 2.11 bits per heavy atom. The first-order valence-corrected chi connectivity index (χ1v) is 7.56. The fraction of sp³-hybridized carbons (Fsp3) is 1.00. The Morgan fingerprint density at radius 1 is 1.33 bits per heavy atom. The minimum absolute atomic E-state index is 0.720. The Morgan fingerprint density at radius 3 is 2.72 bits per heavy atom. The first-order valence-electron chi connectivity index (χ1n) is 7.56. The molecule has 0 aromatic carbocycles. The molecule has 0 spiro atoms. The number of nitrogens with one attached hydrogen (secondary N) is 1. The average molecular weight is 256 g/mol. The molecule has 3 heteroatoms. The van der Waals surface area contributed by atoms with Crippen LogP contribution in [0.15, 0.2) is 0 Å². The van der Waals surface area contributed by atoms with Crippen LogP contribution in [0.1, 0.15) is 39.0 Å². The summed E-state index contributed by atoms with van der Waals surface area (Å²) in [6.45, 7) is 5.59. The van der Waals surface area contributed by atoms with Crippen molar-refractivity contribution < 1.29 is 4.74 Å². The van der Waals surface area contributed by atoms with Crippen LogP contribution in [0.3, 0.4) is 0 Å². The van der Waals surface area contributed by atoms with E-state index in [1.165, 1.54) is 32.2 Å². The van der Waals surface area contributed by atoms with Crippen molar-refractivity contribution in [1.29, 1.82) is 0 Å². The van der Waals surface area contributed by atoms with Crippen LogP contribution >= 0.6 is 0 Å². The molecule has 1 fully saturated rings. The van der Waals surface area contributed by atoms with Crippen LogP contribution in [0.2, 0.25) is 0 Å². The molecule has 0 aliphatic heterocycles. The van der Waals surface area contributed by atoms with E-state index in [1.807, 2.05) is 0 Å². The van der Waals surface area contributed by atoms with Gasteiger partial charge in [0.15, 0.2) is 0 Å². The highest BCUT2D eigenvalue weighted by Gasteiger charge is 2.29. The minimum Gasteiger partial charge on any atom is -0.385 e. The average Bonchev–Trinajstić information content (AvgIpc) is 2.39. The molecule has 0 radical (unpaired) electrons. The van der Waals surface area contributed by atoms with Gasteiger partial charge in [0.25, 0.3) is 0 Å². The van der Waals surface area contributed by atoms with E-state index in [1.54, 1.807) is 7.11 Å². The maximum absolute atomic E-state index is 5.12. The summed E-state index contributed by atoms with van der Waals surface area (Å²) in [6.07, 6.45) is 6.65. The predicted molar refractivity (Wildman–Crippen MR) is 78.0 cm³/mol. The van der Waals surface area contributed by atoms with Crippen LogP contribution in [0.4, 0.5) is 0 Å². The number of rotatable bonds is 8. The lowest BCUT2D eigenvalue weighted by atomic mass is 9.76. The van der Waals surface area contributed by atoms with E-state index >= 15 is 0 Å². The monoisotopic (exact) mass is 256 g/mol. The number of hydrogen-bond acceptors (Lipinski definition) is 3. The molecule has 0 amide bonds. The fourth-order valence-corrected chi connectivity index (χ4v) is 3.28. The van der Waals surface area contributed by atoms with Gasteiger partial charge in [-0.15, -0.1) is 0 Å². The van der Waals surface area contributed by atoms with Gasteiger partial charge in [0, 0.05) is 32.8 Å². The highest BCUT2D eigenvalue weighted by Crippen LogP contribution is 2.31. The second-order valence-electron chi connectivity index (χ2n) is 5.85. The van der Waals surface area contributed by atoms with E-state index in [0.29, 0.717) is 0 Å². The van der Waals surface area contributed by atoms with Gasteiger partial charge in [-0.3, -0.25) is 0 Å². The second kappa shape index (κ2) is 8.89. The summed E-state index contributed by atoms with van der Waals surface area (Å²) in [6, 6.07) is 0.720. The number of hydrogen-bond donors (Lipinski definition) is 1. The van der Waals surface area contributed by atoms with Crippen LogP contribution in [0.25, 0.3) is 0 Å². The SMILES string of the molecule is CCC1CCC(NC)C(CN(C)CCCOC)C1. The van der Waals surface area contributed by atoms with Crippen molar-refractivity contribution in [1.82, 2.24) is 10.2 Å². The molecular formula is C15H32N2O. The molecule has 0 saturated heterocycles. The number of methoxy groups -OCH3 is 1. The van der Waals surface area contributed by atoms with Gasteiger partial charge in [0.1, 0.15) is 0 Å². The van der Waals surface area contributed by atoms with E-state index in [-0.39, 0.29) is 0 Å². The van der Waals surface area contributed by atoms with Gasteiger partial charge in [-0.25, -0.2) is 0 Å². The summed E-state index contributed by atoms with van der Waals surface area (Å²) in [7, 11) is 6.15. The summed E-state index contributed by atoms with van der Waals surface area (Å²) in [5.41, 5.74) is 0. The first-order chi connectivity index (χ1) is 8.71. The number of ether oxygens (including phenoxy) is 1. The van der Waals surface area contributed by atoms with Crippen LogP contribution < -0.4 is 5.32 Å². The fourth-order valence-electron chi connectivity index (χ4n) is 3.28. The van der Waals surface area contributed by atoms with Gasteiger partial charge in [-0.1, -0.05) is 13.3 Å². The third kappa shape index (κ3) is 5.25. The smallest absolute Gasteiger partial charge is 0.0474 e. The molecule has 0 aromatic rings. The maximum atomic E-state index is 5.12. The third-order valence-corrected chi connectivity index (χ3v) is 4.47. The lowest BCUT2D eigenvalue weighted by Crippen LogP contribution is -2.44. The van der Waals surface area contributed by atoms with E-state index < -0.39 is 0 Å². The van der Waals surface area contributed by atoms with Crippen molar-refractivity contribution in [2.45, 2.75) is 45.1 Å². The van der Waals surface area contributed by atoms with Crippen LogP contribution in [0, 0.1) is 11.8 Å². The van der Waals surface area contributed by atoms with Crippen molar-refractivity contribution in [3.8, 4) is 0 Å². The first kappa shape index (κ1) is 15.9. The molecule has 18 heavy (non-hydrogen) atoms. The highest BCUT2D eigenvalue weighted by atomic mass is 16.5. The molecule has 1 rings (SSSR count). The highest BCUT2D eigenvalue weighted by molar-refractivity contribution is 4.85. The Hall–Kier alpha value is -0.120. The van der Waals surface area contributed by atoms with Crippen LogP contribution in [-0.2, 0) is 4.74 Å². The number of nitrogens with zero attached hydrogens (tertiary/aromatic N) is 1. The minimum atomic E-state index is 0.720. The van der Waals surface area contributed by atoms with Crippen molar-refractivity contribution in [2.24, 2.45) is 11.8 Å². The zero-order chi connectivity index (χ0) is 13.4. The molecule has 3 atom stereocenters. The molecule has 1 aliphatic carbocycles. The Labute approximate surface area is 113 Å². The van der Waals surface area contributed by atoms with Crippen molar-refractivity contribution in [3.63, 3.8) is 0 Å². The Bertz CT molecular complexity index is 211. The van der Waals surface area contributed by atoms with Gasteiger partial charge < -0.3 is 15.0 Å². The van der Waals surface area contributed by atoms with E-state index in [9.17, 15) is 0 Å². The quantitative estimate of drug-likeness (QED) is 0.675. The van der Waals surface area contributed by atoms with Gasteiger partial charge in [0.05, 0.1) is 0 Å². The van der Waals surface area contributed by atoms with Crippen LogP contribution in [-0.4, -0.2) is 51.8 Å². The van der Waals surface area contributed by atoms with Gasteiger partial charge >= 0.3 is 0 Å². The lowest BCUT2D eigenvalue weighted by molar-refractivity contribution is 0.141. The molecule has 0 bridgehead atoms. The maximum Gasteiger partial charge on any atom is 0.0474 e. The molecule has 1 N–H and O–H groups in total. The molecule has 0 heterocycles. The van der Waals surface area contributed by atoms with Crippen LogP contribution in [0.5, 0.6) is 0 Å². The zero-order valence-corrected chi connectivity index (χ0v) is 12.7. The van der Waals surface area contributed by atoms with Crippen molar-refractivity contribution >= 4 is 0 Å². The molecule has 1 saturated carbocycles. The summed E-state index contributed by atoms with van der Waals surface area (Å²) < 4.78 is 5.12. The molecule has 1 aliphatic rings. The summed E-state index contributed by atoms with van der Waals surface area (Å²) in [4.78, 5) is 2.48. The van der Waals surface area contributed by atoms with E-state index in [0.717, 1.165) is 37.5 Å². The topological polar surface area (TPSA) is 24.5 Å². The predicted octanol–water partition coefficient (Wildman–Crippen LogP) is 2.37. The van der Waals surface area contributed by atoms with E-state index in [4.69, 9.17) is 4.74 Å². The molecule has 108 valence electrons. The molecule has 0 aromatic heterocycles.